The minimum absolute atomic E-state index is 0.0199. The van der Waals surface area contributed by atoms with Crippen molar-refractivity contribution in [2.24, 2.45) is 0 Å². The first-order chi connectivity index (χ1) is 9.31. The molecule has 9 heteroatoms. The number of nitrogens with zero attached hydrogens (tertiary/aromatic N) is 2. The lowest BCUT2D eigenvalue weighted by Crippen LogP contribution is -2.27. The minimum atomic E-state index is -1.67. The van der Waals surface area contributed by atoms with Crippen LogP contribution in [0, 0.1) is 0 Å². The summed E-state index contributed by atoms with van der Waals surface area (Å²) in [6, 6.07) is 4.81. The van der Waals surface area contributed by atoms with E-state index < -0.39 is 12.3 Å². The minimum Gasteiger partial charge on any atom is -0.444 e. The average Bonchev–Trinajstić information content (AvgIpc) is 2.39. The predicted octanol–water partition coefficient (Wildman–Crippen LogP) is 4.15. The predicted molar refractivity (Wildman–Crippen MR) is 76.3 cm³/mol. The maximum Gasteiger partial charge on any atom is 0.421 e. The Kier molecular flexibility index (Phi) is 6.38. The van der Waals surface area contributed by atoms with Crippen molar-refractivity contribution in [2.45, 2.75) is 6.61 Å². The zero-order valence-electron chi connectivity index (χ0n) is 10.6. The fourth-order valence-corrected chi connectivity index (χ4v) is 1.99. The summed E-state index contributed by atoms with van der Waals surface area (Å²) < 4.78 is 18.9. The second-order valence-corrected chi connectivity index (χ2v) is 5.71. The van der Waals surface area contributed by atoms with E-state index >= 15 is 0 Å². The molecule has 0 aliphatic heterocycles. The number of rotatable bonds is 4. The summed E-state index contributed by atoms with van der Waals surface area (Å²) in [5.41, 5.74) is 0.654. The van der Waals surface area contributed by atoms with Gasteiger partial charge in [-0.25, -0.2) is 18.2 Å². The maximum atomic E-state index is 12.3. The SMILES string of the molecule is CN(SN(C)C(=O)OCc1ccc(Cl)c(Cl)c1)C(=O)F. The third-order valence-electron chi connectivity index (χ3n) is 2.10. The standard InChI is InChI=1S/C11H11Cl2FN2O3S/c1-15(10(14)17)20-16(2)11(18)19-6-7-3-4-8(12)9(13)5-7/h3-5H,6H2,1-2H3. The van der Waals surface area contributed by atoms with Crippen LogP contribution in [0.15, 0.2) is 18.2 Å². The number of ether oxygens (including phenoxy) is 1. The van der Waals surface area contributed by atoms with E-state index in [1.54, 1.807) is 18.2 Å². The lowest BCUT2D eigenvalue weighted by molar-refractivity contribution is 0.125. The van der Waals surface area contributed by atoms with Crippen LogP contribution in [0.4, 0.5) is 14.0 Å². The molecule has 0 aromatic heterocycles. The van der Waals surface area contributed by atoms with Gasteiger partial charge < -0.3 is 4.74 Å². The van der Waals surface area contributed by atoms with Crippen molar-refractivity contribution >= 4 is 47.6 Å². The quantitative estimate of drug-likeness (QED) is 0.469. The number of hydrogen-bond donors (Lipinski definition) is 0. The largest absolute Gasteiger partial charge is 0.444 e. The second kappa shape index (κ2) is 7.56. The zero-order chi connectivity index (χ0) is 15.3. The highest BCUT2D eigenvalue weighted by molar-refractivity contribution is 7.95. The van der Waals surface area contributed by atoms with Gasteiger partial charge in [0.1, 0.15) is 6.61 Å². The molecule has 0 saturated carbocycles. The Morgan fingerprint density at radius 2 is 1.90 bits per heavy atom. The van der Waals surface area contributed by atoms with Gasteiger partial charge in [-0.2, -0.15) is 0 Å². The van der Waals surface area contributed by atoms with Gasteiger partial charge in [-0.15, -0.1) is 4.39 Å². The van der Waals surface area contributed by atoms with Gasteiger partial charge in [0, 0.05) is 14.1 Å². The van der Waals surface area contributed by atoms with Gasteiger partial charge in [0.2, 0.25) is 0 Å². The Balaban J connectivity index is 2.50. The molecule has 0 fully saturated rings. The van der Waals surface area contributed by atoms with Gasteiger partial charge in [-0.3, -0.25) is 0 Å². The summed E-state index contributed by atoms with van der Waals surface area (Å²) in [5.74, 6) is 0. The molecule has 1 rings (SSSR count). The van der Waals surface area contributed by atoms with Crippen molar-refractivity contribution in [3.63, 3.8) is 0 Å². The molecular weight excluding hydrogens is 330 g/mol. The van der Waals surface area contributed by atoms with Crippen LogP contribution in [0.5, 0.6) is 0 Å². The molecule has 2 amide bonds. The van der Waals surface area contributed by atoms with Gasteiger partial charge in [0.05, 0.1) is 22.2 Å². The number of benzene rings is 1. The first-order valence-electron chi connectivity index (χ1n) is 5.27. The number of carbonyl (C=O) groups is 2. The first-order valence-corrected chi connectivity index (χ1v) is 6.75. The molecule has 110 valence electrons. The molecule has 1 aromatic carbocycles. The van der Waals surface area contributed by atoms with Crippen molar-refractivity contribution in [1.82, 2.24) is 8.61 Å². The molecule has 0 aliphatic carbocycles. The van der Waals surface area contributed by atoms with Crippen molar-refractivity contribution < 1.29 is 18.7 Å². The molecule has 0 N–H and O–H groups in total. The number of amides is 2. The van der Waals surface area contributed by atoms with Crippen LogP contribution >= 0.6 is 35.3 Å². The Labute approximate surface area is 129 Å². The number of halogens is 3. The van der Waals surface area contributed by atoms with Gasteiger partial charge in [-0.1, -0.05) is 29.3 Å². The van der Waals surface area contributed by atoms with Crippen molar-refractivity contribution in [2.75, 3.05) is 14.1 Å². The monoisotopic (exact) mass is 340 g/mol. The summed E-state index contributed by atoms with van der Waals surface area (Å²) in [6.07, 6.45) is -2.40. The topological polar surface area (TPSA) is 49.9 Å². The fourth-order valence-electron chi connectivity index (χ4n) is 1.11. The third-order valence-corrected chi connectivity index (χ3v) is 3.62. The van der Waals surface area contributed by atoms with E-state index in [1.807, 2.05) is 0 Å². The highest BCUT2D eigenvalue weighted by atomic mass is 35.5. The molecule has 0 atom stereocenters. The highest BCUT2D eigenvalue weighted by Crippen LogP contribution is 2.23. The molecule has 20 heavy (non-hydrogen) atoms. The molecule has 5 nitrogen and oxygen atoms in total. The second-order valence-electron chi connectivity index (χ2n) is 3.63. The lowest BCUT2D eigenvalue weighted by Gasteiger charge is -2.19. The smallest absolute Gasteiger partial charge is 0.421 e. The molecule has 0 aliphatic rings. The fraction of sp³-hybridized carbons (Fsp3) is 0.273. The molecule has 0 bridgehead atoms. The van der Waals surface area contributed by atoms with E-state index in [1.165, 1.54) is 14.1 Å². The summed E-state index contributed by atoms with van der Waals surface area (Å²) in [6.45, 7) is -0.0199. The zero-order valence-corrected chi connectivity index (χ0v) is 12.9. The molecule has 0 unspecified atom stereocenters. The van der Waals surface area contributed by atoms with E-state index in [9.17, 15) is 14.0 Å². The third kappa shape index (κ3) is 5.07. The molecular formula is C11H11Cl2FN2O3S. The van der Waals surface area contributed by atoms with Crippen LogP contribution in [-0.4, -0.2) is 35.0 Å². The first kappa shape index (κ1) is 16.9. The summed E-state index contributed by atoms with van der Waals surface area (Å²) >= 11 is 12.2. The summed E-state index contributed by atoms with van der Waals surface area (Å²) in [7, 11) is 2.54. The van der Waals surface area contributed by atoms with E-state index in [0.29, 0.717) is 32.0 Å². The number of carbonyl (C=O) groups excluding carboxylic acids is 2. The van der Waals surface area contributed by atoms with Crippen LogP contribution in [0.25, 0.3) is 0 Å². The van der Waals surface area contributed by atoms with Crippen LogP contribution in [-0.2, 0) is 11.3 Å². The van der Waals surface area contributed by atoms with Gasteiger partial charge in [-0.05, 0) is 17.7 Å². The van der Waals surface area contributed by atoms with E-state index in [2.05, 4.69) is 0 Å². The van der Waals surface area contributed by atoms with E-state index in [-0.39, 0.29) is 6.61 Å². The highest BCUT2D eigenvalue weighted by Gasteiger charge is 2.17. The Morgan fingerprint density at radius 1 is 1.25 bits per heavy atom. The van der Waals surface area contributed by atoms with Gasteiger partial charge in [0.25, 0.3) is 0 Å². The van der Waals surface area contributed by atoms with E-state index in [0.717, 1.165) is 4.31 Å². The van der Waals surface area contributed by atoms with Gasteiger partial charge >= 0.3 is 12.3 Å². The van der Waals surface area contributed by atoms with Crippen LogP contribution in [0.1, 0.15) is 5.56 Å². The molecule has 0 heterocycles. The van der Waals surface area contributed by atoms with Crippen molar-refractivity contribution in [3.05, 3.63) is 33.8 Å². The summed E-state index contributed by atoms with van der Waals surface area (Å²) in [4.78, 5) is 22.0. The Morgan fingerprint density at radius 3 is 2.45 bits per heavy atom. The molecule has 0 spiro atoms. The number of hydrogen-bond acceptors (Lipinski definition) is 4. The van der Waals surface area contributed by atoms with Crippen LogP contribution in [0.3, 0.4) is 0 Å². The molecule has 0 radical (unpaired) electrons. The van der Waals surface area contributed by atoms with Crippen LogP contribution in [0.2, 0.25) is 10.0 Å². The van der Waals surface area contributed by atoms with Crippen LogP contribution < -0.4 is 0 Å². The normalized spacial score (nSPS) is 10.1. The lowest BCUT2D eigenvalue weighted by atomic mass is 10.2. The average molecular weight is 341 g/mol. The van der Waals surface area contributed by atoms with Crippen molar-refractivity contribution in [3.8, 4) is 0 Å². The van der Waals surface area contributed by atoms with Gasteiger partial charge in [0.15, 0.2) is 0 Å². The Hall–Kier alpha value is -1.18. The summed E-state index contributed by atoms with van der Waals surface area (Å²) in [5, 5.41) is 0.753. The molecule has 1 aromatic rings. The molecule has 0 saturated heterocycles. The van der Waals surface area contributed by atoms with Crippen molar-refractivity contribution in [1.29, 1.82) is 0 Å². The Bertz CT molecular complexity index is 518. The van der Waals surface area contributed by atoms with E-state index in [4.69, 9.17) is 27.9 Å². The maximum absolute atomic E-state index is 12.3.